The summed E-state index contributed by atoms with van der Waals surface area (Å²) in [4.78, 5) is 9.85. The molecule has 0 heterocycles. The SMILES string of the molecule is O=C=N[P+](=S)C=Cc1ccccc1. The van der Waals surface area contributed by atoms with Gasteiger partial charge < -0.3 is 0 Å². The summed E-state index contributed by atoms with van der Waals surface area (Å²) < 4.78 is 3.43. The van der Waals surface area contributed by atoms with E-state index in [1.165, 1.54) is 6.08 Å². The monoisotopic (exact) mass is 208 g/mol. The van der Waals surface area contributed by atoms with Gasteiger partial charge in [0.05, 0.1) is 0 Å². The summed E-state index contributed by atoms with van der Waals surface area (Å²) in [5.41, 5.74) is 1.06. The first-order valence-corrected chi connectivity index (χ1v) is 5.98. The van der Waals surface area contributed by atoms with Crippen LogP contribution in [0.2, 0.25) is 0 Å². The molecular formula is C9H7NOPS+. The topological polar surface area (TPSA) is 29.4 Å². The Morgan fingerprint density at radius 3 is 2.69 bits per heavy atom. The third-order valence-electron chi connectivity index (χ3n) is 1.33. The molecule has 0 N–H and O–H groups in total. The minimum Gasteiger partial charge on any atom is -0.207 e. The Bertz CT molecular complexity index is 368. The van der Waals surface area contributed by atoms with Gasteiger partial charge in [-0.05, 0) is 11.6 Å². The van der Waals surface area contributed by atoms with Crippen LogP contribution in [-0.4, -0.2) is 6.08 Å². The van der Waals surface area contributed by atoms with Gasteiger partial charge in [0.1, 0.15) is 0 Å². The molecule has 0 aliphatic rings. The second kappa shape index (κ2) is 5.50. The zero-order valence-corrected chi connectivity index (χ0v) is 8.46. The van der Waals surface area contributed by atoms with Crippen LogP contribution in [0.5, 0.6) is 0 Å². The molecule has 0 bridgehead atoms. The van der Waals surface area contributed by atoms with Crippen molar-refractivity contribution in [2.24, 2.45) is 4.76 Å². The lowest BCUT2D eigenvalue weighted by molar-refractivity contribution is 0.566. The van der Waals surface area contributed by atoms with Gasteiger partial charge in [-0.3, -0.25) is 0 Å². The van der Waals surface area contributed by atoms with Crippen LogP contribution in [-0.2, 0) is 16.6 Å². The number of benzene rings is 1. The molecule has 1 atom stereocenters. The number of carbonyl (C=O) groups excluding carboxylic acids is 1. The molecule has 0 aliphatic heterocycles. The van der Waals surface area contributed by atoms with Crippen molar-refractivity contribution in [3.63, 3.8) is 0 Å². The van der Waals surface area contributed by atoms with Gasteiger partial charge in [-0.1, -0.05) is 30.3 Å². The molecule has 4 heteroatoms. The molecule has 0 fully saturated rings. The predicted molar refractivity (Wildman–Crippen MR) is 57.9 cm³/mol. The lowest BCUT2D eigenvalue weighted by Crippen LogP contribution is -1.65. The standard InChI is InChI=1S/C9H7NOPS/c11-8-10-12(13)7-6-9-4-2-1-3-5-9/h1-7H/q+1. The molecule has 13 heavy (non-hydrogen) atoms. The van der Waals surface area contributed by atoms with E-state index in [0.29, 0.717) is 0 Å². The number of hydrogen-bond donors (Lipinski definition) is 0. The van der Waals surface area contributed by atoms with Gasteiger partial charge in [0.2, 0.25) is 0 Å². The predicted octanol–water partition coefficient (Wildman–Crippen LogP) is 2.85. The summed E-state index contributed by atoms with van der Waals surface area (Å²) in [5, 5.41) is 0. The fraction of sp³-hybridized carbons (Fsp3) is 0. The van der Waals surface area contributed by atoms with Crippen molar-refractivity contribution < 1.29 is 4.79 Å². The smallest absolute Gasteiger partial charge is 0.207 e. The highest BCUT2D eigenvalue weighted by Gasteiger charge is 1.99. The summed E-state index contributed by atoms with van der Waals surface area (Å²) in [6.07, 6.45) is 3.31. The van der Waals surface area contributed by atoms with E-state index in [1.807, 2.05) is 36.4 Å². The van der Waals surface area contributed by atoms with Gasteiger partial charge >= 0.3 is 6.85 Å². The normalized spacial score (nSPS) is 10.9. The Hall–Kier alpha value is -1.14. The maximum atomic E-state index is 9.85. The number of rotatable bonds is 3. The first kappa shape index (κ1) is 9.94. The molecule has 1 unspecified atom stereocenters. The Morgan fingerprint density at radius 1 is 1.38 bits per heavy atom. The second-order valence-electron chi connectivity index (χ2n) is 2.22. The molecule has 0 radical (unpaired) electrons. The molecule has 1 aromatic rings. The Morgan fingerprint density at radius 2 is 2.08 bits per heavy atom. The lowest BCUT2D eigenvalue weighted by atomic mass is 10.2. The summed E-state index contributed by atoms with van der Waals surface area (Å²) in [6.45, 7) is -1.10. The van der Waals surface area contributed by atoms with Gasteiger partial charge in [-0.25, -0.2) is 4.79 Å². The van der Waals surface area contributed by atoms with Crippen LogP contribution < -0.4 is 0 Å². The van der Waals surface area contributed by atoms with Gasteiger partial charge in [-0.15, -0.1) is 0 Å². The van der Waals surface area contributed by atoms with Gasteiger partial charge in [0, 0.05) is 4.76 Å². The van der Waals surface area contributed by atoms with E-state index in [-0.39, 0.29) is 0 Å². The quantitative estimate of drug-likeness (QED) is 0.434. The van der Waals surface area contributed by atoms with Crippen molar-refractivity contribution >= 4 is 30.8 Å². The first-order valence-electron chi connectivity index (χ1n) is 3.60. The molecule has 0 amide bonds. The van der Waals surface area contributed by atoms with E-state index in [2.05, 4.69) is 4.76 Å². The Labute approximate surface area is 82.5 Å². The molecule has 0 spiro atoms. The summed E-state index contributed by atoms with van der Waals surface area (Å²) in [7, 11) is 0. The fourth-order valence-corrected chi connectivity index (χ4v) is 1.52. The number of isocyanates is 1. The van der Waals surface area contributed by atoms with Crippen LogP contribution in [0, 0.1) is 0 Å². The van der Waals surface area contributed by atoms with E-state index in [4.69, 9.17) is 11.8 Å². The van der Waals surface area contributed by atoms with Crippen LogP contribution in [0.25, 0.3) is 6.08 Å². The van der Waals surface area contributed by atoms with Crippen LogP contribution in [0.4, 0.5) is 0 Å². The van der Waals surface area contributed by atoms with E-state index in [0.717, 1.165) is 5.56 Å². The minimum absolute atomic E-state index is 1.06. The average molecular weight is 208 g/mol. The summed E-state index contributed by atoms with van der Waals surface area (Å²) in [6, 6.07) is 9.74. The highest BCUT2D eigenvalue weighted by molar-refractivity contribution is 8.06. The molecule has 0 aliphatic carbocycles. The van der Waals surface area contributed by atoms with Crippen molar-refractivity contribution in [1.29, 1.82) is 0 Å². The zero-order valence-electron chi connectivity index (χ0n) is 6.75. The third-order valence-corrected chi connectivity index (χ3v) is 2.63. The van der Waals surface area contributed by atoms with Crippen LogP contribution >= 0.6 is 6.85 Å². The molecule has 0 saturated heterocycles. The minimum atomic E-state index is -1.10. The molecule has 0 aromatic heterocycles. The van der Waals surface area contributed by atoms with Gasteiger partial charge in [-0.2, -0.15) is 0 Å². The van der Waals surface area contributed by atoms with Crippen molar-refractivity contribution in [3.05, 3.63) is 41.7 Å². The van der Waals surface area contributed by atoms with Gasteiger partial charge in [0.25, 0.3) is 6.08 Å². The van der Waals surface area contributed by atoms with E-state index >= 15 is 0 Å². The van der Waals surface area contributed by atoms with Crippen molar-refractivity contribution in [3.8, 4) is 0 Å². The van der Waals surface area contributed by atoms with Crippen molar-refractivity contribution in [2.45, 2.75) is 0 Å². The van der Waals surface area contributed by atoms with Crippen molar-refractivity contribution in [2.75, 3.05) is 0 Å². The number of nitrogens with zero attached hydrogens (tertiary/aromatic N) is 1. The average Bonchev–Trinajstić information content (AvgIpc) is 2.17. The second-order valence-corrected chi connectivity index (χ2v) is 4.45. The highest BCUT2D eigenvalue weighted by atomic mass is 32.4. The lowest BCUT2D eigenvalue weighted by Gasteiger charge is -1.85. The summed E-state index contributed by atoms with van der Waals surface area (Å²) >= 11 is 4.88. The zero-order chi connectivity index (χ0) is 9.52. The van der Waals surface area contributed by atoms with E-state index < -0.39 is 6.85 Å². The Balaban J connectivity index is 2.69. The maximum absolute atomic E-state index is 9.85. The maximum Gasteiger partial charge on any atom is 0.361 e. The number of hydrogen-bond acceptors (Lipinski definition) is 2. The largest absolute Gasteiger partial charge is 0.361 e. The molecule has 1 rings (SSSR count). The van der Waals surface area contributed by atoms with Crippen LogP contribution in [0.1, 0.15) is 5.56 Å². The third kappa shape index (κ3) is 3.86. The molecule has 0 saturated carbocycles. The molecule has 64 valence electrons. The van der Waals surface area contributed by atoms with Gasteiger partial charge in [0.15, 0.2) is 17.6 Å². The Kier molecular flexibility index (Phi) is 4.20. The highest BCUT2D eigenvalue weighted by Crippen LogP contribution is 2.24. The first-order chi connectivity index (χ1) is 6.33. The van der Waals surface area contributed by atoms with E-state index in [9.17, 15) is 4.79 Å². The molecule has 2 nitrogen and oxygen atoms in total. The fourth-order valence-electron chi connectivity index (χ4n) is 0.788. The van der Waals surface area contributed by atoms with Crippen LogP contribution in [0.15, 0.2) is 40.9 Å². The summed E-state index contributed by atoms with van der Waals surface area (Å²) in [5.74, 6) is 1.74. The molecule has 1 aromatic carbocycles. The van der Waals surface area contributed by atoms with E-state index in [1.54, 1.807) is 5.82 Å². The van der Waals surface area contributed by atoms with Crippen molar-refractivity contribution in [1.82, 2.24) is 0 Å². The van der Waals surface area contributed by atoms with Crippen LogP contribution in [0.3, 0.4) is 0 Å². The molecular weight excluding hydrogens is 201 g/mol.